The molecule has 0 unspecified atom stereocenters. The Hall–Kier alpha value is -1.71. The lowest BCUT2D eigenvalue weighted by molar-refractivity contribution is 0.0829. The third-order valence-corrected chi connectivity index (χ3v) is 4.66. The van der Waals surface area contributed by atoms with Gasteiger partial charge in [0.1, 0.15) is 5.75 Å². The van der Waals surface area contributed by atoms with E-state index in [0.717, 1.165) is 34.9 Å². The molecule has 1 saturated heterocycles. The second-order valence-corrected chi connectivity index (χ2v) is 6.13. The minimum Gasteiger partial charge on any atom is -0.508 e. The van der Waals surface area contributed by atoms with E-state index in [0.29, 0.717) is 11.7 Å². The van der Waals surface area contributed by atoms with Gasteiger partial charge in [-0.25, -0.2) is 0 Å². The molecular formula is C17H16ClNO2. The van der Waals surface area contributed by atoms with Crippen LogP contribution >= 0.6 is 11.6 Å². The van der Waals surface area contributed by atoms with Gasteiger partial charge in [-0.3, -0.25) is 0 Å². The Labute approximate surface area is 128 Å². The maximum Gasteiger partial charge on any atom is 0.115 e. The third kappa shape index (κ3) is 2.17. The number of phenolic OH excluding ortho intramolecular Hbond substituents is 1. The first-order valence-corrected chi connectivity index (χ1v) is 7.57. The standard InChI is InChI=1S/C17H16ClNO2/c18-11-4-5-15-14(9-11)17-13(6-7-21-17)16(19-15)10-2-1-3-12(20)8-10/h1-5,8-9,13,16-17,19-20H,6-7H2/t13-,16-,17+/m0/s1. The predicted molar refractivity (Wildman–Crippen MR) is 82.7 cm³/mol. The maximum atomic E-state index is 9.74. The highest BCUT2D eigenvalue weighted by Crippen LogP contribution is 2.50. The molecule has 4 rings (SSSR count). The van der Waals surface area contributed by atoms with Crippen LogP contribution in [0, 0.1) is 5.92 Å². The van der Waals surface area contributed by atoms with Gasteiger partial charge >= 0.3 is 0 Å². The molecular weight excluding hydrogens is 286 g/mol. The fraction of sp³-hybridized carbons (Fsp3) is 0.294. The summed E-state index contributed by atoms with van der Waals surface area (Å²) in [5, 5.41) is 14.1. The summed E-state index contributed by atoms with van der Waals surface area (Å²) in [5.74, 6) is 0.657. The fourth-order valence-electron chi connectivity index (χ4n) is 3.49. The zero-order valence-corrected chi connectivity index (χ0v) is 12.2. The summed E-state index contributed by atoms with van der Waals surface area (Å²) in [6.07, 6.45) is 1.08. The lowest BCUT2D eigenvalue weighted by atomic mass is 9.81. The largest absolute Gasteiger partial charge is 0.508 e. The van der Waals surface area contributed by atoms with Crippen LogP contribution in [0.2, 0.25) is 5.02 Å². The molecule has 1 fully saturated rings. The van der Waals surface area contributed by atoms with Crippen molar-refractivity contribution in [3.05, 3.63) is 58.6 Å². The summed E-state index contributed by atoms with van der Waals surface area (Å²) in [6, 6.07) is 13.5. The lowest BCUT2D eigenvalue weighted by Gasteiger charge is -2.36. The summed E-state index contributed by atoms with van der Waals surface area (Å²) in [7, 11) is 0. The van der Waals surface area contributed by atoms with Crippen LogP contribution < -0.4 is 5.32 Å². The average Bonchev–Trinajstić information content (AvgIpc) is 2.96. The number of aromatic hydroxyl groups is 1. The summed E-state index contributed by atoms with van der Waals surface area (Å²) in [6.45, 7) is 0.762. The number of ether oxygens (including phenoxy) is 1. The normalized spacial score (nSPS) is 26.8. The number of phenols is 1. The number of anilines is 1. The number of rotatable bonds is 1. The van der Waals surface area contributed by atoms with Gasteiger partial charge in [-0.1, -0.05) is 23.7 Å². The van der Waals surface area contributed by atoms with Crippen LogP contribution in [-0.4, -0.2) is 11.7 Å². The highest BCUT2D eigenvalue weighted by Gasteiger charge is 2.41. The van der Waals surface area contributed by atoms with Gasteiger partial charge in [-0.15, -0.1) is 0 Å². The summed E-state index contributed by atoms with van der Waals surface area (Å²) < 4.78 is 5.96. The topological polar surface area (TPSA) is 41.5 Å². The zero-order chi connectivity index (χ0) is 14.4. The number of hydrogen-bond acceptors (Lipinski definition) is 3. The van der Waals surface area contributed by atoms with Gasteiger partial charge in [0.05, 0.1) is 12.1 Å². The maximum absolute atomic E-state index is 9.74. The minimum atomic E-state index is 0.0762. The van der Waals surface area contributed by atoms with E-state index < -0.39 is 0 Å². The van der Waals surface area contributed by atoms with Crippen LogP contribution in [0.15, 0.2) is 42.5 Å². The Balaban J connectivity index is 1.79. The summed E-state index contributed by atoms with van der Waals surface area (Å²) >= 11 is 6.12. The Kier molecular flexibility index (Phi) is 3.05. The molecule has 2 aromatic rings. The molecule has 0 spiro atoms. The first kappa shape index (κ1) is 13.0. The number of benzene rings is 2. The SMILES string of the molecule is Oc1cccc([C@@H]2Nc3ccc(Cl)cc3[C@@H]3OCC[C@@H]23)c1. The molecule has 108 valence electrons. The van der Waals surface area contributed by atoms with E-state index in [1.54, 1.807) is 6.07 Å². The second kappa shape index (κ2) is 4.93. The van der Waals surface area contributed by atoms with Crippen molar-refractivity contribution in [3.63, 3.8) is 0 Å². The molecule has 3 atom stereocenters. The van der Waals surface area contributed by atoms with E-state index in [1.807, 2.05) is 36.4 Å². The van der Waals surface area contributed by atoms with E-state index in [-0.39, 0.29) is 12.1 Å². The van der Waals surface area contributed by atoms with Crippen LogP contribution in [0.1, 0.15) is 29.7 Å². The molecule has 3 nitrogen and oxygen atoms in total. The molecule has 2 aromatic carbocycles. The van der Waals surface area contributed by atoms with Gasteiger partial charge in [-0.2, -0.15) is 0 Å². The van der Waals surface area contributed by atoms with Gasteiger partial charge in [0, 0.05) is 28.8 Å². The number of halogens is 1. The molecule has 2 heterocycles. The highest BCUT2D eigenvalue weighted by atomic mass is 35.5. The van der Waals surface area contributed by atoms with Crippen LogP contribution in [0.5, 0.6) is 5.75 Å². The Morgan fingerprint density at radius 1 is 1.19 bits per heavy atom. The number of hydrogen-bond donors (Lipinski definition) is 2. The Morgan fingerprint density at radius 3 is 2.95 bits per heavy atom. The van der Waals surface area contributed by atoms with Crippen LogP contribution in [0.3, 0.4) is 0 Å². The monoisotopic (exact) mass is 301 g/mol. The Morgan fingerprint density at radius 2 is 2.10 bits per heavy atom. The van der Waals surface area contributed by atoms with Crippen molar-refractivity contribution >= 4 is 17.3 Å². The predicted octanol–water partition coefficient (Wildman–Crippen LogP) is 4.29. The molecule has 0 saturated carbocycles. The number of fused-ring (bicyclic) bond motifs is 3. The van der Waals surface area contributed by atoms with Crippen LogP contribution in [0.25, 0.3) is 0 Å². The fourth-order valence-corrected chi connectivity index (χ4v) is 3.67. The van der Waals surface area contributed by atoms with Crippen molar-refractivity contribution in [3.8, 4) is 5.75 Å². The summed E-state index contributed by atoms with van der Waals surface area (Å²) in [4.78, 5) is 0. The first-order valence-electron chi connectivity index (χ1n) is 7.19. The lowest BCUT2D eigenvalue weighted by Crippen LogP contribution is -2.29. The molecule has 4 heteroatoms. The quantitative estimate of drug-likeness (QED) is 0.825. The molecule has 21 heavy (non-hydrogen) atoms. The molecule has 2 aliphatic rings. The van der Waals surface area contributed by atoms with Crippen LogP contribution in [-0.2, 0) is 4.74 Å². The van der Waals surface area contributed by atoms with Crippen LogP contribution in [0.4, 0.5) is 5.69 Å². The van der Waals surface area contributed by atoms with E-state index in [1.165, 1.54) is 0 Å². The smallest absolute Gasteiger partial charge is 0.115 e. The van der Waals surface area contributed by atoms with Crippen molar-refractivity contribution in [2.75, 3.05) is 11.9 Å². The molecule has 0 radical (unpaired) electrons. The van der Waals surface area contributed by atoms with Crippen molar-refractivity contribution in [2.24, 2.45) is 5.92 Å². The molecule has 0 aliphatic carbocycles. The molecule has 0 amide bonds. The molecule has 2 aliphatic heterocycles. The van der Waals surface area contributed by atoms with E-state index in [2.05, 4.69) is 5.32 Å². The van der Waals surface area contributed by atoms with Gasteiger partial charge in [0.2, 0.25) is 0 Å². The van der Waals surface area contributed by atoms with Gasteiger partial charge in [-0.05, 0) is 42.3 Å². The zero-order valence-electron chi connectivity index (χ0n) is 11.4. The third-order valence-electron chi connectivity index (χ3n) is 4.43. The minimum absolute atomic E-state index is 0.0762. The summed E-state index contributed by atoms with van der Waals surface area (Å²) in [5.41, 5.74) is 3.30. The molecule has 2 N–H and O–H groups in total. The van der Waals surface area contributed by atoms with Gasteiger partial charge in [0.15, 0.2) is 0 Å². The van der Waals surface area contributed by atoms with Crippen molar-refractivity contribution < 1.29 is 9.84 Å². The molecule has 0 bridgehead atoms. The average molecular weight is 302 g/mol. The van der Waals surface area contributed by atoms with Crippen molar-refractivity contribution in [1.82, 2.24) is 0 Å². The van der Waals surface area contributed by atoms with Crippen molar-refractivity contribution in [1.29, 1.82) is 0 Å². The van der Waals surface area contributed by atoms with E-state index in [9.17, 15) is 5.11 Å². The van der Waals surface area contributed by atoms with Gasteiger partial charge < -0.3 is 15.2 Å². The highest BCUT2D eigenvalue weighted by molar-refractivity contribution is 6.30. The van der Waals surface area contributed by atoms with Crippen molar-refractivity contribution in [2.45, 2.75) is 18.6 Å². The second-order valence-electron chi connectivity index (χ2n) is 5.69. The van der Waals surface area contributed by atoms with Gasteiger partial charge in [0.25, 0.3) is 0 Å². The first-order chi connectivity index (χ1) is 10.2. The Bertz CT molecular complexity index is 688. The molecule has 0 aromatic heterocycles. The van der Waals surface area contributed by atoms with E-state index >= 15 is 0 Å². The number of nitrogens with one attached hydrogen (secondary N) is 1. The van der Waals surface area contributed by atoms with E-state index in [4.69, 9.17) is 16.3 Å².